The zero-order chi connectivity index (χ0) is 24.7. The Hall–Kier alpha value is -3.61. The van der Waals surface area contributed by atoms with Crippen LogP contribution in [0.25, 0.3) is 28.0 Å². The van der Waals surface area contributed by atoms with Gasteiger partial charge < -0.3 is 16.0 Å². The zero-order valence-corrected chi connectivity index (χ0v) is 21.4. The van der Waals surface area contributed by atoms with Crippen LogP contribution >= 0.6 is 0 Å². The molecule has 0 unspecified atom stereocenters. The van der Waals surface area contributed by atoms with Crippen molar-refractivity contribution in [3.63, 3.8) is 0 Å². The summed E-state index contributed by atoms with van der Waals surface area (Å²) in [5.74, 6) is 2.49. The van der Waals surface area contributed by atoms with Crippen molar-refractivity contribution in [2.75, 3.05) is 35.6 Å². The van der Waals surface area contributed by atoms with Crippen molar-refractivity contribution < 1.29 is 0 Å². The lowest BCUT2D eigenvalue weighted by Gasteiger charge is -2.09. The molecule has 1 saturated carbocycles. The third-order valence-corrected chi connectivity index (χ3v) is 6.67. The molecule has 188 valence electrons. The number of hydrogen-bond donors (Lipinski definition) is 3. The lowest BCUT2D eigenvalue weighted by Crippen LogP contribution is -2.06. The van der Waals surface area contributed by atoms with Crippen molar-refractivity contribution in [1.29, 1.82) is 0 Å². The lowest BCUT2D eigenvalue weighted by atomic mass is 10.0. The standard InChI is InChI=1S/C29H37N7/c1-3-5-17-30-26-9-7-8-25-27(24-16-19-32-29(34-24)31-18-6-4-2)28(35-36(25)26)22-12-14-23(15-13-22)33-20-21-10-11-21/h7-9,12-16,19,21,30,33H,3-6,10-11,17-18,20H2,1-2H3,(H,31,32,34). The minimum Gasteiger partial charge on any atom is -0.385 e. The highest BCUT2D eigenvalue weighted by atomic mass is 15.3. The maximum absolute atomic E-state index is 5.11. The average molecular weight is 484 g/mol. The first-order valence-electron chi connectivity index (χ1n) is 13.4. The molecule has 0 atom stereocenters. The summed E-state index contributed by atoms with van der Waals surface area (Å²) in [5.41, 5.74) is 6.07. The summed E-state index contributed by atoms with van der Waals surface area (Å²) in [6, 6.07) is 16.9. The SMILES string of the molecule is CCCCNc1nccc(-c2c(-c3ccc(NCC4CC4)cc3)nn3c(NCCCC)cccc23)n1. The molecule has 1 aliphatic carbocycles. The Bertz CT molecular complexity index is 1270. The second kappa shape index (κ2) is 11.4. The van der Waals surface area contributed by atoms with Crippen molar-refractivity contribution >= 4 is 23.0 Å². The van der Waals surface area contributed by atoms with E-state index in [-0.39, 0.29) is 0 Å². The molecule has 0 amide bonds. The number of aromatic nitrogens is 4. The molecule has 0 aliphatic heterocycles. The summed E-state index contributed by atoms with van der Waals surface area (Å²) in [4.78, 5) is 9.35. The quantitative estimate of drug-likeness (QED) is 0.184. The van der Waals surface area contributed by atoms with Crippen LogP contribution in [0, 0.1) is 5.92 Å². The molecule has 0 spiro atoms. The summed E-state index contributed by atoms with van der Waals surface area (Å²) in [7, 11) is 0. The highest BCUT2D eigenvalue weighted by Crippen LogP contribution is 2.36. The van der Waals surface area contributed by atoms with Crippen LogP contribution in [0.5, 0.6) is 0 Å². The Labute approximate surface area is 213 Å². The molecule has 7 nitrogen and oxygen atoms in total. The van der Waals surface area contributed by atoms with Gasteiger partial charge in [-0.3, -0.25) is 0 Å². The van der Waals surface area contributed by atoms with E-state index in [1.54, 1.807) is 0 Å². The zero-order valence-electron chi connectivity index (χ0n) is 21.4. The maximum atomic E-state index is 5.11. The highest BCUT2D eigenvalue weighted by Gasteiger charge is 2.21. The summed E-state index contributed by atoms with van der Waals surface area (Å²) in [6.07, 6.45) is 9.00. The molecule has 0 bridgehead atoms. The summed E-state index contributed by atoms with van der Waals surface area (Å²) in [6.45, 7) is 7.23. The molecule has 3 heterocycles. The number of fused-ring (bicyclic) bond motifs is 1. The lowest BCUT2D eigenvalue weighted by molar-refractivity contribution is 0.822. The fourth-order valence-electron chi connectivity index (χ4n) is 4.34. The average Bonchev–Trinajstić information content (AvgIpc) is 3.66. The van der Waals surface area contributed by atoms with Crippen LogP contribution in [0.2, 0.25) is 0 Å². The molecule has 1 aromatic carbocycles. The van der Waals surface area contributed by atoms with E-state index in [9.17, 15) is 0 Å². The molecule has 0 radical (unpaired) electrons. The predicted molar refractivity (Wildman–Crippen MR) is 150 cm³/mol. The van der Waals surface area contributed by atoms with Gasteiger partial charge in [-0.15, -0.1) is 0 Å². The van der Waals surface area contributed by atoms with Gasteiger partial charge in [-0.25, -0.2) is 14.5 Å². The fraction of sp³-hybridized carbons (Fsp3) is 0.414. The monoisotopic (exact) mass is 483 g/mol. The van der Waals surface area contributed by atoms with Crippen molar-refractivity contribution in [1.82, 2.24) is 19.6 Å². The Morgan fingerprint density at radius 3 is 2.42 bits per heavy atom. The highest BCUT2D eigenvalue weighted by molar-refractivity contribution is 5.92. The van der Waals surface area contributed by atoms with E-state index in [0.29, 0.717) is 5.95 Å². The number of nitrogens with zero attached hydrogens (tertiary/aromatic N) is 4. The van der Waals surface area contributed by atoms with Gasteiger partial charge in [-0.1, -0.05) is 44.9 Å². The van der Waals surface area contributed by atoms with Crippen LogP contribution in [0.3, 0.4) is 0 Å². The number of anilines is 3. The Balaban J connectivity index is 1.54. The number of hydrogen-bond acceptors (Lipinski definition) is 6. The van der Waals surface area contributed by atoms with E-state index in [2.05, 4.69) is 77.2 Å². The van der Waals surface area contributed by atoms with Gasteiger partial charge in [0.15, 0.2) is 0 Å². The summed E-state index contributed by atoms with van der Waals surface area (Å²) in [5, 5.41) is 15.6. The van der Waals surface area contributed by atoms with Gasteiger partial charge in [0.2, 0.25) is 5.95 Å². The first-order chi connectivity index (χ1) is 17.8. The number of pyridine rings is 1. The molecule has 36 heavy (non-hydrogen) atoms. The second-order valence-electron chi connectivity index (χ2n) is 9.66. The van der Waals surface area contributed by atoms with Crippen LogP contribution < -0.4 is 16.0 Å². The van der Waals surface area contributed by atoms with E-state index in [0.717, 1.165) is 90.8 Å². The van der Waals surface area contributed by atoms with Crippen molar-refractivity contribution in [2.45, 2.75) is 52.4 Å². The van der Waals surface area contributed by atoms with Gasteiger partial charge in [0.25, 0.3) is 0 Å². The Morgan fingerprint density at radius 1 is 0.889 bits per heavy atom. The molecule has 1 fully saturated rings. The van der Waals surface area contributed by atoms with Crippen LogP contribution in [-0.2, 0) is 0 Å². The second-order valence-corrected chi connectivity index (χ2v) is 9.66. The van der Waals surface area contributed by atoms with E-state index >= 15 is 0 Å². The van der Waals surface area contributed by atoms with Crippen LogP contribution in [0.1, 0.15) is 52.4 Å². The van der Waals surface area contributed by atoms with E-state index < -0.39 is 0 Å². The molecular formula is C29H37N7. The van der Waals surface area contributed by atoms with Gasteiger partial charge in [0.1, 0.15) is 11.5 Å². The van der Waals surface area contributed by atoms with Gasteiger partial charge in [-0.2, -0.15) is 5.10 Å². The number of nitrogens with one attached hydrogen (secondary N) is 3. The number of benzene rings is 1. The largest absolute Gasteiger partial charge is 0.385 e. The normalized spacial score (nSPS) is 13.2. The van der Waals surface area contributed by atoms with Crippen LogP contribution in [0.15, 0.2) is 54.7 Å². The molecule has 4 aromatic rings. The van der Waals surface area contributed by atoms with E-state index in [4.69, 9.17) is 10.1 Å². The smallest absolute Gasteiger partial charge is 0.223 e. The minimum absolute atomic E-state index is 0.656. The molecule has 7 heteroatoms. The third-order valence-electron chi connectivity index (χ3n) is 6.67. The van der Waals surface area contributed by atoms with Crippen molar-refractivity contribution in [3.8, 4) is 22.5 Å². The predicted octanol–water partition coefficient (Wildman–Crippen LogP) is 6.70. The topological polar surface area (TPSA) is 79.2 Å². The van der Waals surface area contributed by atoms with E-state index in [1.807, 2.05) is 16.8 Å². The van der Waals surface area contributed by atoms with Crippen LogP contribution in [-0.4, -0.2) is 39.2 Å². The first kappa shape index (κ1) is 24.1. The molecule has 0 saturated heterocycles. The molecule has 5 rings (SSSR count). The van der Waals surface area contributed by atoms with Gasteiger partial charge in [0.05, 0.1) is 16.8 Å². The Morgan fingerprint density at radius 2 is 1.67 bits per heavy atom. The van der Waals surface area contributed by atoms with Gasteiger partial charge in [0, 0.05) is 37.1 Å². The number of unbranched alkanes of at least 4 members (excludes halogenated alkanes) is 2. The molecule has 3 N–H and O–H groups in total. The first-order valence-corrected chi connectivity index (χ1v) is 13.4. The molecule has 1 aliphatic rings. The van der Waals surface area contributed by atoms with E-state index in [1.165, 1.54) is 12.8 Å². The fourth-order valence-corrected chi connectivity index (χ4v) is 4.34. The molecular weight excluding hydrogens is 446 g/mol. The number of rotatable bonds is 13. The van der Waals surface area contributed by atoms with Crippen molar-refractivity contribution in [2.24, 2.45) is 5.92 Å². The summed E-state index contributed by atoms with van der Waals surface area (Å²) >= 11 is 0. The van der Waals surface area contributed by atoms with Crippen molar-refractivity contribution in [3.05, 3.63) is 54.7 Å². The van der Waals surface area contributed by atoms with Gasteiger partial charge >= 0.3 is 0 Å². The third kappa shape index (κ3) is 5.61. The molecule has 3 aromatic heterocycles. The Kier molecular flexibility index (Phi) is 7.64. The minimum atomic E-state index is 0.656. The van der Waals surface area contributed by atoms with Crippen LogP contribution in [0.4, 0.5) is 17.5 Å². The van der Waals surface area contributed by atoms with Gasteiger partial charge in [-0.05, 0) is 61.9 Å². The maximum Gasteiger partial charge on any atom is 0.223 e. The summed E-state index contributed by atoms with van der Waals surface area (Å²) < 4.78 is 2.02.